The third-order valence-corrected chi connectivity index (χ3v) is 10.7. The van der Waals surface area contributed by atoms with E-state index in [0.717, 1.165) is 17.6 Å². The van der Waals surface area contributed by atoms with E-state index in [1.807, 2.05) is 32.9 Å². The second-order valence-electron chi connectivity index (χ2n) is 9.96. The van der Waals surface area contributed by atoms with E-state index >= 15 is 0 Å². The molecule has 4 heteroatoms. The Hall–Kier alpha value is -0.863. The first-order valence-corrected chi connectivity index (χ1v) is 13.4. The van der Waals surface area contributed by atoms with Gasteiger partial charge in [0.1, 0.15) is 0 Å². The lowest BCUT2D eigenvalue weighted by atomic mass is 9.82. The lowest BCUT2D eigenvalue weighted by Gasteiger charge is -2.44. The van der Waals surface area contributed by atoms with Gasteiger partial charge in [0, 0.05) is 11.8 Å². The van der Waals surface area contributed by atoms with Gasteiger partial charge in [0.25, 0.3) is 0 Å². The molecule has 0 fully saturated rings. The summed E-state index contributed by atoms with van der Waals surface area (Å²) in [7, 11) is -2.01. The topological polar surface area (TPSA) is 49.7 Å². The monoisotopic (exact) mass is 408 g/mol. The van der Waals surface area contributed by atoms with E-state index in [1.54, 1.807) is 0 Å². The Balaban J connectivity index is 5.76. The van der Waals surface area contributed by atoms with Crippen molar-refractivity contribution in [2.75, 3.05) is 6.61 Å². The van der Waals surface area contributed by atoms with Crippen LogP contribution in [0.15, 0.2) is 23.3 Å². The average molecular weight is 409 g/mol. The second kappa shape index (κ2) is 11.4. The molecule has 0 amide bonds. The molecule has 0 saturated heterocycles. The van der Waals surface area contributed by atoms with Gasteiger partial charge in [-0.05, 0) is 49.9 Å². The first kappa shape index (κ1) is 27.1. The fraction of sp³-hybridized carbons (Fsp3) is 0.750. The van der Waals surface area contributed by atoms with Crippen molar-refractivity contribution in [3.8, 4) is 12.3 Å². The van der Waals surface area contributed by atoms with Crippen LogP contribution < -0.4 is 0 Å². The Morgan fingerprint density at radius 1 is 1.18 bits per heavy atom. The van der Waals surface area contributed by atoms with E-state index in [9.17, 15) is 10.2 Å². The molecule has 162 valence electrons. The van der Waals surface area contributed by atoms with E-state index in [-0.39, 0.29) is 35.5 Å². The molecule has 0 aliphatic heterocycles. The molecule has 3 nitrogen and oxygen atoms in total. The molecular formula is C24H44O3Si. The van der Waals surface area contributed by atoms with Crippen molar-refractivity contribution in [1.82, 2.24) is 0 Å². The van der Waals surface area contributed by atoms with Crippen LogP contribution in [0.25, 0.3) is 0 Å². The SMILES string of the molecule is C#C/C(C)=C/[C@@H](C)[C@@H](O)[C@@H](C)[C@H](O[Si](C)(C)C(C)(C)C)[C@@H](C)C/C(C)=C/CO. The summed E-state index contributed by atoms with van der Waals surface area (Å²) in [5.41, 5.74) is 1.99. The van der Waals surface area contributed by atoms with Crippen molar-refractivity contribution in [2.45, 2.75) is 92.2 Å². The summed E-state index contributed by atoms with van der Waals surface area (Å²) < 4.78 is 6.84. The zero-order valence-electron chi connectivity index (χ0n) is 19.8. The highest BCUT2D eigenvalue weighted by Crippen LogP contribution is 2.40. The third kappa shape index (κ3) is 8.25. The molecule has 0 bridgehead atoms. The molecule has 0 aromatic rings. The van der Waals surface area contributed by atoms with Crippen LogP contribution in [-0.4, -0.2) is 37.3 Å². The predicted molar refractivity (Wildman–Crippen MR) is 124 cm³/mol. The van der Waals surface area contributed by atoms with Crippen molar-refractivity contribution in [1.29, 1.82) is 0 Å². The van der Waals surface area contributed by atoms with E-state index < -0.39 is 14.4 Å². The highest BCUT2D eigenvalue weighted by atomic mass is 28.4. The Kier molecular flexibility index (Phi) is 11.0. The van der Waals surface area contributed by atoms with Crippen molar-refractivity contribution in [2.24, 2.45) is 17.8 Å². The third-order valence-electron chi connectivity index (χ3n) is 6.22. The van der Waals surface area contributed by atoms with Gasteiger partial charge in [0.05, 0.1) is 18.8 Å². The molecule has 0 radical (unpaired) electrons. The lowest BCUT2D eigenvalue weighted by molar-refractivity contribution is -0.0134. The molecule has 0 aliphatic rings. The number of aliphatic hydroxyl groups excluding tert-OH is 2. The van der Waals surface area contributed by atoms with Gasteiger partial charge in [-0.1, -0.05) is 65.2 Å². The van der Waals surface area contributed by atoms with Crippen molar-refractivity contribution in [3.63, 3.8) is 0 Å². The summed E-state index contributed by atoms with van der Waals surface area (Å²) in [6.07, 6.45) is 9.52. The molecule has 2 N–H and O–H groups in total. The number of rotatable bonds is 10. The molecular weight excluding hydrogens is 364 g/mol. The molecule has 0 aromatic heterocycles. The van der Waals surface area contributed by atoms with Gasteiger partial charge in [-0.2, -0.15) is 0 Å². The summed E-state index contributed by atoms with van der Waals surface area (Å²) in [6.45, 7) is 21.5. The van der Waals surface area contributed by atoms with Gasteiger partial charge in [-0.3, -0.25) is 0 Å². The maximum Gasteiger partial charge on any atom is 0.192 e. The van der Waals surface area contributed by atoms with Crippen LogP contribution in [0.2, 0.25) is 18.1 Å². The Morgan fingerprint density at radius 3 is 2.14 bits per heavy atom. The van der Waals surface area contributed by atoms with Crippen molar-refractivity contribution in [3.05, 3.63) is 23.3 Å². The van der Waals surface area contributed by atoms with Crippen molar-refractivity contribution >= 4 is 8.32 Å². The van der Waals surface area contributed by atoms with Gasteiger partial charge in [0.15, 0.2) is 8.32 Å². The maximum atomic E-state index is 11.1. The summed E-state index contributed by atoms with van der Waals surface area (Å²) in [5.74, 6) is 2.78. The van der Waals surface area contributed by atoms with E-state index in [2.05, 4.69) is 53.6 Å². The Morgan fingerprint density at radius 2 is 1.71 bits per heavy atom. The highest BCUT2D eigenvalue weighted by Gasteiger charge is 2.42. The lowest BCUT2D eigenvalue weighted by Crippen LogP contribution is -2.49. The van der Waals surface area contributed by atoms with E-state index in [4.69, 9.17) is 10.8 Å². The van der Waals surface area contributed by atoms with Crippen LogP contribution in [0.1, 0.15) is 61.8 Å². The highest BCUT2D eigenvalue weighted by molar-refractivity contribution is 6.74. The molecule has 0 saturated carbocycles. The number of allylic oxidation sites excluding steroid dienone is 2. The van der Waals surface area contributed by atoms with E-state index in [1.165, 1.54) is 0 Å². The van der Waals surface area contributed by atoms with Crippen LogP contribution >= 0.6 is 0 Å². The van der Waals surface area contributed by atoms with Crippen LogP contribution in [0.5, 0.6) is 0 Å². The quantitative estimate of drug-likeness (QED) is 0.283. The molecule has 0 aromatic carbocycles. The molecule has 0 unspecified atom stereocenters. The standard InChI is InChI=1S/C24H44O3Si/c1-12-17(2)15-19(4)22(26)21(6)23(20(5)16-18(3)13-14-25)27-28(10,11)24(7,8)9/h1,13,15,19-23,25-26H,14,16H2,2-11H3/b17-15+,18-13+/t19-,20+,21-,22-,23-/m1/s1. The minimum Gasteiger partial charge on any atom is -0.413 e. The summed E-state index contributed by atoms with van der Waals surface area (Å²) >= 11 is 0. The van der Waals surface area contributed by atoms with Crippen molar-refractivity contribution < 1.29 is 14.6 Å². The van der Waals surface area contributed by atoms with Gasteiger partial charge in [-0.15, -0.1) is 6.42 Å². The largest absolute Gasteiger partial charge is 0.413 e. The minimum atomic E-state index is -2.01. The molecule has 5 atom stereocenters. The van der Waals surface area contributed by atoms with Crippen LogP contribution in [0.3, 0.4) is 0 Å². The number of hydrogen-bond donors (Lipinski definition) is 2. The Labute approximate surface area is 175 Å². The summed E-state index contributed by atoms with van der Waals surface area (Å²) in [4.78, 5) is 0. The molecule has 0 heterocycles. The van der Waals surface area contributed by atoms with E-state index in [0.29, 0.717) is 0 Å². The average Bonchev–Trinajstić information content (AvgIpc) is 2.57. The first-order chi connectivity index (χ1) is 12.7. The maximum absolute atomic E-state index is 11.1. The smallest absolute Gasteiger partial charge is 0.192 e. The number of hydrogen-bond acceptors (Lipinski definition) is 3. The molecule has 0 spiro atoms. The summed E-state index contributed by atoms with van der Waals surface area (Å²) in [6, 6.07) is 0. The fourth-order valence-electron chi connectivity index (χ4n) is 3.34. The van der Waals surface area contributed by atoms with Crippen LogP contribution in [0.4, 0.5) is 0 Å². The zero-order valence-corrected chi connectivity index (χ0v) is 20.8. The Bertz CT molecular complexity index is 578. The first-order valence-electron chi connectivity index (χ1n) is 10.4. The van der Waals surface area contributed by atoms with Crippen LogP contribution in [0, 0.1) is 30.1 Å². The fourth-order valence-corrected chi connectivity index (χ4v) is 4.82. The van der Waals surface area contributed by atoms with Gasteiger partial charge in [-0.25, -0.2) is 0 Å². The minimum absolute atomic E-state index is 0.0390. The number of aliphatic hydroxyl groups is 2. The normalized spacial score (nSPS) is 19.5. The number of terminal acetylenes is 1. The van der Waals surface area contributed by atoms with Crippen LogP contribution in [-0.2, 0) is 4.43 Å². The second-order valence-corrected chi connectivity index (χ2v) is 14.7. The van der Waals surface area contributed by atoms with Gasteiger partial charge >= 0.3 is 0 Å². The zero-order chi connectivity index (χ0) is 22.3. The molecule has 0 aliphatic carbocycles. The van der Waals surface area contributed by atoms with Gasteiger partial charge < -0.3 is 14.6 Å². The molecule has 0 rings (SSSR count). The summed E-state index contributed by atoms with van der Waals surface area (Å²) in [5, 5.41) is 20.3. The van der Waals surface area contributed by atoms with Gasteiger partial charge in [0.2, 0.25) is 0 Å². The molecule has 28 heavy (non-hydrogen) atoms. The predicted octanol–water partition coefficient (Wildman–Crippen LogP) is 5.55.